The summed E-state index contributed by atoms with van der Waals surface area (Å²) in [6.45, 7) is -0.367. The predicted octanol–water partition coefficient (Wildman–Crippen LogP) is 0.0626. The third kappa shape index (κ3) is 2.56. The van der Waals surface area contributed by atoms with Crippen LogP contribution in [0.25, 0.3) is 11.2 Å². The number of anilines is 1. The summed E-state index contributed by atoms with van der Waals surface area (Å²) < 4.78 is 7.24. The summed E-state index contributed by atoms with van der Waals surface area (Å²) in [5, 5.41) is 29.7. The van der Waals surface area contributed by atoms with Crippen LogP contribution < -0.4 is 4.90 Å². The number of ether oxygens (including phenoxy) is 1. The number of nitrogens with zero attached hydrogens (tertiary/aromatic N) is 5. The highest BCUT2D eigenvalue weighted by molar-refractivity contribution is 5.83. The molecular weight excluding hydrogens is 350 g/mol. The Morgan fingerprint density at radius 2 is 2.04 bits per heavy atom. The number of rotatable bonds is 4. The van der Waals surface area contributed by atoms with E-state index in [0.717, 1.165) is 11.7 Å². The highest BCUT2D eigenvalue weighted by Gasteiger charge is 2.45. The van der Waals surface area contributed by atoms with E-state index in [-0.39, 0.29) is 6.61 Å². The van der Waals surface area contributed by atoms with Gasteiger partial charge < -0.3 is 25.0 Å². The zero-order valence-electron chi connectivity index (χ0n) is 15.2. The fourth-order valence-corrected chi connectivity index (χ4v) is 5.24. The minimum atomic E-state index is -1.17. The lowest BCUT2D eigenvalue weighted by Gasteiger charge is -2.32. The molecule has 146 valence electrons. The number of hydrogen-bond donors (Lipinski definition) is 3. The Kier molecular flexibility index (Phi) is 4.08. The molecule has 3 unspecified atom stereocenters. The van der Waals surface area contributed by atoms with Gasteiger partial charge in [-0.25, -0.2) is 15.0 Å². The number of aliphatic hydroxyl groups excluding tert-OH is 3. The van der Waals surface area contributed by atoms with Gasteiger partial charge in [-0.2, -0.15) is 0 Å². The first kappa shape index (κ1) is 17.3. The molecule has 1 aliphatic heterocycles. The van der Waals surface area contributed by atoms with E-state index in [1.54, 1.807) is 10.9 Å². The van der Waals surface area contributed by atoms with Gasteiger partial charge in [-0.3, -0.25) is 4.57 Å². The van der Waals surface area contributed by atoms with E-state index >= 15 is 0 Å². The molecule has 3 aliphatic rings. The summed E-state index contributed by atoms with van der Waals surface area (Å²) in [4.78, 5) is 15.5. The Labute approximate surface area is 156 Å². The van der Waals surface area contributed by atoms with Gasteiger partial charge in [0.15, 0.2) is 23.2 Å². The highest BCUT2D eigenvalue weighted by atomic mass is 16.6. The van der Waals surface area contributed by atoms with E-state index in [0.29, 0.717) is 23.1 Å². The van der Waals surface area contributed by atoms with Crippen LogP contribution in [-0.4, -0.2) is 72.8 Å². The summed E-state index contributed by atoms with van der Waals surface area (Å²) >= 11 is 0. The average molecular weight is 375 g/mol. The van der Waals surface area contributed by atoms with Crippen LogP contribution in [0.15, 0.2) is 12.7 Å². The van der Waals surface area contributed by atoms with Crippen molar-refractivity contribution in [2.24, 2.45) is 11.8 Å². The molecule has 9 nitrogen and oxygen atoms in total. The number of aromatic nitrogens is 4. The number of hydrogen-bond acceptors (Lipinski definition) is 8. The van der Waals surface area contributed by atoms with E-state index in [1.165, 1.54) is 32.0 Å². The summed E-state index contributed by atoms with van der Waals surface area (Å²) in [6.07, 6.45) is 4.18. The molecule has 3 fully saturated rings. The van der Waals surface area contributed by atoms with Gasteiger partial charge in [0.2, 0.25) is 0 Å². The number of imidazole rings is 1. The van der Waals surface area contributed by atoms with Crippen LogP contribution >= 0.6 is 0 Å². The van der Waals surface area contributed by atoms with Gasteiger partial charge in [0.1, 0.15) is 24.6 Å². The number of aliphatic hydroxyl groups is 3. The van der Waals surface area contributed by atoms with Crippen molar-refractivity contribution in [3.8, 4) is 0 Å². The van der Waals surface area contributed by atoms with Crippen LogP contribution in [0.2, 0.25) is 0 Å². The SMILES string of the molecule is CN(c1ncnc2c1ncn2[C@@H]1O[C@H](CO)[C@@H](O)[C@H]1O)C1CC2CCC1C2. The molecule has 7 atom stereocenters. The van der Waals surface area contributed by atoms with Crippen LogP contribution in [0.3, 0.4) is 0 Å². The third-order valence-electron chi connectivity index (χ3n) is 6.66. The second-order valence-electron chi connectivity index (χ2n) is 8.10. The van der Waals surface area contributed by atoms with Crippen LogP contribution in [0, 0.1) is 11.8 Å². The first-order chi connectivity index (χ1) is 13.1. The first-order valence-corrected chi connectivity index (χ1v) is 9.61. The molecule has 0 radical (unpaired) electrons. The fraction of sp³-hybridized carbons (Fsp3) is 0.722. The monoisotopic (exact) mass is 375 g/mol. The van der Waals surface area contributed by atoms with Gasteiger partial charge in [0.05, 0.1) is 12.9 Å². The lowest BCUT2D eigenvalue weighted by molar-refractivity contribution is -0.0511. The van der Waals surface area contributed by atoms with Crippen LogP contribution in [0.4, 0.5) is 5.82 Å². The van der Waals surface area contributed by atoms with Crippen molar-refractivity contribution in [3.63, 3.8) is 0 Å². The Morgan fingerprint density at radius 3 is 2.70 bits per heavy atom. The van der Waals surface area contributed by atoms with Crippen molar-refractivity contribution < 1.29 is 20.1 Å². The van der Waals surface area contributed by atoms with Crippen LogP contribution in [0.5, 0.6) is 0 Å². The summed E-state index contributed by atoms with van der Waals surface area (Å²) in [5.74, 6) is 2.33. The summed E-state index contributed by atoms with van der Waals surface area (Å²) in [6, 6.07) is 0.473. The molecule has 0 aromatic carbocycles. The number of fused-ring (bicyclic) bond motifs is 3. The summed E-state index contributed by atoms with van der Waals surface area (Å²) in [5.41, 5.74) is 1.20. The standard InChI is InChI=1S/C18H25N5O4/c1-22(11-5-9-2-3-10(11)4-9)16-13-17(20-7-19-16)23(8-21-13)18-15(26)14(25)12(6-24)27-18/h7-12,14-15,18,24-26H,2-6H2,1H3/t9?,10?,11?,12-,14-,15-,18-/m1/s1. The maximum Gasteiger partial charge on any atom is 0.167 e. The van der Waals surface area contributed by atoms with Crippen LogP contribution in [0.1, 0.15) is 31.9 Å². The normalized spacial score (nSPS) is 38.1. The quantitative estimate of drug-likeness (QED) is 0.687. The molecule has 2 aromatic heterocycles. The van der Waals surface area contributed by atoms with E-state index in [4.69, 9.17) is 4.74 Å². The van der Waals surface area contributed by atoms with Crippen molar-refractivity contribution >= 4 is 17.0 Å². The van der Waals surface area contributed by atoms with Gasteiger partial charge in [-0.05, 0) is 31.1 Å². The van der Waals surface area contributed by atoms with Gasteiger partial charge in [-0.15, -0.1) is 0 Å². The van der Waals surface area contributed by atoms with E-state index < -0.39 is 24.5 Å². The summed E-state index contributed by atoms with van der Waals surface area (Å²) in [7, 11) is 2.07. The van der Waals surface area contributed by atoms with Crippen molar-refractivity contribution in [1.82, 2.24) is 19.5 Å². The molecule has 2 aliphatic carbocycles. The van der Waals surface area contributed by atoms with Crippen LogP contribution in [-0.2, 0) is 4.74 Å². The molecule has 0 spiro atoms. The van der Waals surface area contributed by atoms with E-state index in [2.05, 4.69) is 26.9 Å². The van der Waals surface area contributed by atoms with E-state index in [9.17, 15) is 15.3 Å². The highest BCUT2D eigenvalue weighted by Crippen LogP contribution is 2.47. The van der Waals surface area contributed by atoms with E-state index in [1.807, 2.05) is 0 Å². The molecule has 2 bridgehead atoms. The topological polar surface area (TPSA) is 117 Å². The largest absolute Gasteiger partial charge is 0.394 e. The second kappa shape index (κ2) is 6.37. The maximum atomic E-state index is 10.3. The Bertz CT molecular complexity index is 844. The first-order valence-electron chi connectivity index (χ1n) is 9.61. The maximum absolute atomic E-state index is 10.3. The minimum absolute atomic E-state index is 0.367. The molecule has 9 heteroatoms. The van der Waals surface area contributed by atoms with Crippen molar-refractivity contribution in [2.75, 3.05) is 18.6 Å². The Morgan fingerprint density at radius 1 is 1.19 bits per heavy atom. The lowest BCUT2D eigenvalue weighted by Crippen LogP contribution is -2.36. The minimum Gasteiger partial charge on any atom is -0.394 e. The Hall–Kier alpha value is -1.81. The smallest absolute Gasteiger partial charge is 0.167 e. The van der Waals surface area contributed by atoms with Gasteiger partial charge in [0, 0.05) is 13.1 Å². The second-order valence-corrected chi connectivity index (χ2v) is 8.10. The van der Waals surface area contributed by atoms with Gasteiger partial charge in [-0.1, -0.05) is 6.42 Å². The third-order valence-corrected chi connectivity index (χ3v) is 6.66. The molecule has 27 heavy (non-hydrogen) atoms. The average Bonchev–Trinajstić information content (AvgIpc) is 3.45. The van der Waals surface area contributed by atoms with Crippen molar-refractivity contribution in [3.05, 3.63) is 12.7 Å². The molecule has 1 saturated heterocycles. The van der Waals surface area contributed by atoms with Gasteiger partial charge >= 0.3 is 0 Å². The molecular formula is C18H25N5O4. The zero-order chi connectivity index (χ0) is 18.7. The Balaban J connectivity index is 1.48. The molecule has 3 heterocycles. The molecule has 5 rings (SSSR count). The zero-order valence-corrected chi connectivity index (χ0v) is 15.2. The molecule has 2 saturated carbocycles. The fourth-order valence-electron chi connectivity index (χ4n) is 5.24. The predicted molar refractivity (Wildman–Crippen MR) is 96.0 cm³/mol. The molecule has 0 amide bonds. The molecule has 2 aromatic rings. The van der Waals surface area contributed by atoms with Crippen molar-refractivity contribution in [2.45, 2.75) is 56.3 Å². The molecule has 3 N–H and O–H groups in total. The van der Waals surface area contributed by atoms with Gasteiger partial charge in [0.25, 0.3) is 0 Å². The van der Waals surface area contributed by atoms with Crippen molar-refractivity contribution in [1.29, 1.82) is 0 Å². The lowest BCUT2D eigenvalue weighted by atomic mass is 9.94.